The molecule has 0 radical (unpaired) electrons. The molecule has 1 aliphatic rings. The highest BCUT2D eigenvalue weighted by molar-refractivity contribution is 6.04. The number of hydrogen-bond acceptors (Lipinski definition) is 6. The van der Waals surface area contributed by atoms with E-state index >= 15 is 0 Å². The smallest absolute Gasteiger partial charge is 0.408 e. The normalized spacial score (nSPS) is 15.9. The van der Waals surface area contributed by atoms with Crippen LogP contribution in [0.5, 0.6) is 0 Å². The molecule has 2 aromatic carbocycles. The second-order valence-corrected chi connectivity index (χ2v) is 10.5. The number of carbonyl (C=O) groups excluding carboxylic acids is 4. The van der Waals surface area contributed by atoms with Crippen LogP contribution in [0.2, 0.25) is 0 Å². The minimum atomic E-state index is -0.787. The Balaban J connectivity index is 1.84. The van der Waals surface area contributed by atoms with Gasteiger partial charge in [-0.1, -0.05) is 30.3 Å². The number of benzene rings is 2. The molecule has 0 spiro atoms. The van der Waals surface area contributed by atoms with E-state index < -0.39 is 29.7 Å². The quantitative estimate of drug-likeness (QED) is 0.181. The summed E-state index contributed by atoms with van der Waals surface area (Å²) in [6, 6.07) is 11.7. The minimum absolute atomic E-state index is 0.0415. The molecule has 0 unspecified atom stereocenters. The fourth-order valence-corrected chi connectivity index (χ4v) is 4.62. The van der Waals surface area contributed by atoms with Crippen molar-refractivity contribution in [3.05, 3.63) is 42.5 Å². The number of carbonyl (C=O) groups is 4. The summed E-state index contributed by atoms with van der Waals surface area (Å²) in [6.45, 7) is 5.57. The number of guanidine groups is 1. The summed E-state index contributed by atoms with van der Waals surface area (Å²) >= 11 is 0. The van der Waals surface area contributed by atoms with Crippen molar-refractivity contribution in [2.24, 2.45) is 16.5 Å². The molecule has 2 aromatic rings. The molecule has 1 saturated heterocycles. The van der Waals surface area contributed by atoms with Crippen molar-refractivity contribution in [3.63, 3.8) is 0 Å². The van der Waals surface area contributed by atoms with Gasteiger partial charge >= 0.3 is 6.09 Å². The van der Waals surface area contributed by atoms with Crippen LogP contribution in [0.4, 0.5) is 10.5 Å². The van der Waals surface area contributed by atoms with E-state index in [4.69, 9.17) is 16.2 Å². The van der Waals surface area contributed by atoms with Crippen molar-refractivity contribution < 1.29 is 23.9 Å². The molecule has 11 heteroatoms. The molecule has 1 heterocycles. The first-order chi connectivity index (χ1) is 18.5. The third-order valence-electron chi connectivity index (χ3n) is 6.33. The molecule has 3 amide bonds. The SMILES string of the molecule is CC(C)(C)OC(=O)NCC(=O)N1CCC[C@H]1C(=O)N(c1ccc2ccccc2c1)[C@H](C=O)CCCN=C(N)N. The van der Waals surface area contributed by atoms with Gasteiger partial charge in [-0.3, -0.25) is 14.6 Å². The van der Waals surface area contributed by atoms with Crippen molar-refractivity contribution in [1.29, 1.82) is 0 Å². The average molecular weight is 539 g/mol. The van der Waals surface area contributed by atoms with Crippen molar-refractivity contribution >= 4 is 46.6 Å². The number of likely N-dealkylation sites (tertiary alicyclic amines) is 1. The van der Waals surface area contributed by atoms with E-state index in [-0.39, 0.29) is 18.4 Å². The van der Waals surface area contributed by atoms with Gasteiger partial charge < -0.3 is 36.1 Å². The van der Waals surface area contributed by atoms with Gasteiger partial charge in [0.15, 0.2) is 5.96 Å². The number of aldehydes is 1. The van der Waals surface area contributed by atoms with Crippen LogP contribution in [0.1, 0.15) is 46.5 Å². The van der Waals surface area contributed by atoms with Crippen molar-refractivity contribution in [1.82, 2.24) is 10.2 Å². The number of aliphatic imine (C=N–C) groups is 1. The molecule has 5 N–H and O–H groups in total. The number of hydrogen-bond donors (Lipinski definition) is 3. The number of amides is 3. The molecule has 0 bridgehead atoms. The standard InChI is InChI=1S/C28H38N6O5/c1-28(2,3)39-27(38)32-17-24(36)33-15-7-11-23(33)25(37)34(22(18-35)10-6-14-31-26(29)30)21-13-12-19-8-4-5-9-20(19)16-21/h4-5,8-9,12-13,16,18,22-23H,6-7,10-11,14-15,17H2,1-3H3,(H,32,38)(H4,29,30,31)/t22-,23-/m0/s1. The summed E-state index contributed by atoms with van der Waals surface area (Å²) in [5.41, 5.74) is 10.7. The molecule has 1 fully saturated rings. The third-order valence-corrected chi connectivity index (χ3v) is 6.33. The molecule has 0 saturated carbocycles. The number of anilines is 1. The number of rotatable bonds is 10. The topological polar surface area (TPSA) is 160 Å². The van der Waals surface area contributed by atoms with E-state index in [1.165, 1.54) is 9.80 Å². The molecule has 0 aromatic heterocycles. The first-order valence-electron chi connectivity index (χ1n) is 13.1. The highest BCUT2D eigenvalue weighted by atomic mass is 16.6. The Morgan fingerprint density at radius 3 is 2.56 bits per heavy atom. The Morgan fingerprint density at radius 1 is 1.18 bits per heavy atom. The lowest BCUT2D eigenvalue weighted by molar-refractivity contribution is -0.137. The largest absolute Gasteiger partial charge is 0.444 e. The van der Waals surface area contributed by atoms with Gasteiger partial charge in [-0.2, -0.15) is 0 Å². The second-order valence-electron chi connectivity index (χ2n) is 10.5. The minimum Gasteiger partial charge on any atom is -0.444 e. The molecule has 210 valence electrons. The van der Waals surface area contributed by atoms with Crippen LogP contribution in [0.25, 0.3) is 10.8 Å². The van der Waals surface area contributed by atoms with Gasteiger partial charge in [0.2, 0.25) is 11.8 Å². The molecule has 11 nitrogen and oxygen atoms in total. The number of nitrogens with zero attached hydrogens (tertiary/aromatic N) is 3. The molecule has 0 aliphatic carbocycles. The van der Waals surface area contributed by atoms with E-state index in [2.05, 4.69) is 10.3 Å². The first kappa shape index (κ1) is 29.4. The number of alkyl carbamates (subject to hydrolysis) is 1. The third kappa shape index (κ3) is 8.17. The summed E-state index contributed by atoms with van der Waals surface area (Å²) in [4.78, 5) is 58.4. The molecule has 3 rings (SSSR count). The zero-order valence-electron chi connectivity index (χ0n) is 22.8. The van der Waals surface area contributed by atoms with Crippen molar-refractivity contribution in [2.75, 3.05) is 24.5 Å². The van der Waals surface area contributed by atoms with Crippen LogP contribution >= 0.6 is 0 Å². The zero-order chi connectivity index (χ0) is 28.6. The highest BCUT2D eigenvalue weighted by Crippen LogP contribution is 2.28. The maximum absolute atomic E-state index is 14.1. The first-order valence-corrected chi connectivity index (χ1v) is 13.1. The molecular weight excluding hydrogens is 500 g/mol. The summed E-state index contributed by atoms with van der Waals surface area (Å²) in [5.74, 6) is -0.793. The van der Waals surface area contributed by atoms with E-state index in [1.54, 1.807) is 26.8 Å². The molecule has 39 heavy (non-hydrogen) atoms. The molecular formula is C28H38N6O5. The maximum Gasteiger partial charge on any atom is 0.408 e. The van der Waals surface area contributed by atoms with Gasteiger partial charge in [0, 0.05) is 18.8 Å². The summed E-state index contributed by atoms with van der Waals surface area (Å²) < 4.78 is 5.20. The van der Waals surface area contributed by atoms with E-state index in [1.807, 2.05) is 36.4 Å². The fourth-order valence-electron chi connectivity index (χ4n) is 4.62. The van der Waals surface area contributed by atoms with Gasteiger partial charge in [-0.15, -0.1) is 0 Å². The zero-order valence-corrected chi connectivity index (χ0v) is 22.8. The lowest BCUT2D eigenvalue weighted by atomic mass is 10.0. The van der Waals surface area contributed by atoms with E-state index in [9.17, 15) is 19.2 Å². The van der Waals surface area contributed by atoms with Crippen molar-refractivity contribution in [3.8, 4) is 0 Å². The summed E-state index contributed by atoms with van der Waals surface area (Å²) in [5, 5.41) is 4.38. The lowest BCUT2D eigenvalue weighted by Gasteiger charge is -2.34. The van der Waals surface area contributed by atoms with E-state index in [0.717, 1.165) is 17.1 Å². The Labute approximate surface area is 228 Å². The van der Waals surface area contributed by atoms with Crippen molar-refractivity contribution in [2.45, 2.75) is 64.1 Å². The Morgan fingerprint density at radius 2 is 1.90 bits per heavy atom. The maximum atomic E-state index is 14.1. The van der Waals surface area contributed by atoms with Gasteiger partial charge in [0.1, 0.15) is 24.5 Å². The second kappa shape index (κ2) is 13.1. The van der Waals surface area contributed by atoms with Crippen LogP contribution in [0, 0.1) is 0 Å². The summed E-state index contributed by atoms with van der Waals surface area (Å²) in [6.07, 6.45) is 1.91. The van der Waals surface area contributed by atoms with Crippen LogP contribution in [0.3, 0.4) is 0 Å². The Bertz CT molecular complexity index is 1220. The number of nitrogens with one attached hydrogen (secondary N) is 1. The lowest BCUT2D eigenvalue weighted by Crippen LogP contribution is -2.53. The van der Waals surface area contributed by atoms with Crippen LogP contribution < -0.4 is 21.7 Å². The van der Waals surface area contributed by atoms with Gasteiger partial charge in [0.25, 0.3) is 0 Å². The monoisotopic (exact) mass is 538 g/mol. The summed E-state index contributed by atoms with van der Waals surface area (Å²) in [7, 11) is 0. The van der Waals surface area contributed by atoms with Gasteiger partial charge in [-0.25, -0.2) is 4.79 Å². The number of nitrogens with two attached hydrogens (primary N) is 2. The predicted octanol–water partition coefficient (Wildman–Crippen LogP) is 2.31. The molecule has 1 aliphatic heterocycles. The molecule has 2 atom stereocenters. The Kier molecular flexibility index (Phi) is 9.86. The van der Waals surface area contributed by atoms with Crippen LogP contribution in [0.15, 0.2) is 47.5 Å². The van der Waals surface area contributed by atoms with Crippen LogP contribution in [-0.4, -0.2) is 72.4 Å². The number of ether oxygens (including phenoxy) is 1. The van der Waals surface area contributed by atoms with Gasteiger partial charge in [-0.05, 0) is 69.4 Å². The fraction of sp³-hybridized carbons (Fsp3) is 0.464. The van der Waals surface area contributed by atoms with E-state index in [0.29, 0.717) is 44.5 Å². The highest BCUT2D eigenvalue weighted by Gasteiger charge is 2.39. The predicted molar refractivity (Wildman–Crippen MR) is 150 cm³/mol. The average Bonchev–Trinajstić information content (AvgIpc) is 3.37. The Hall–Kier alpha value is -4.15. The number of fused-ring (bicyclic) bond motifs is 1. The van der Waals surface area contributed by atoms with Crippen LogP contribution in [-0.2, 0) is 19.1 Å². The van der Waals surface area contributed by atoms with Gasteiger partial charge in [0.05, 0.1) is 6.04 Å².